The van der Waals surface area contributed by atoms with Crippen molar-refractivity contribution in [2.75, 3.05) is 0 Å². The van der Waals surface area contributed by atoms with Gasteiger partial charge in [-0.3, -0.25) is 4.79 Å². The molecule has 14 heavy (non-hydrogen) atoms. The Morgan fingerprint density at radius 2 is 1.86 bits per heavy atom. The lowest BCUT2D eigenvalue weighted by atomic mass is 9.79. The summed E-state index contributed by atoms with van der Waals surface area (Å²) in [7, 11) is 0. The molecule has 0 aromatic heterocycles. The van der Waals surface area contributed by atoms with Crippen molar-refractivity contribution < 1.29 is 4.79 Å². The molecule has 1 atom stereocenters. The monoisotopic (exact) mass is 194 g/mol. The number of carbonyl (C=O) groups is 1. The molecule has 0 saturated heterocycles. The quantitative estimate of drug-likeness (QED) is 0.625. The lowest BCUT2D eigenvalue weighted by Gasteiger charge is -2.23. The smallest absolute Gasteiger partial charge is 0.144 e. The molecule has 0 aromatic rings. The highest BCUT2D eigenvalue weighted by Crippen LogP contribution is 2.47. The summed E-state index contributed by atoms with van der Waals surface area (Å²) >= 11 is 0. The van der Waals surface area contributed by atoms with E-state index >= 15 is 0 Å². The summed E-state index contributed by atoms with van der Waals surface area (Å²) in [5.74, 6) is 0.450. The first-order valence-corrected chi connectivity index (χ1v) is 5.62. The first-order valence-electron chi connectivity index (χ1n) is 5.62. The Hall–Kier alpha value is -0.590. The van der Waals surface area contributed by atoms with Crippen LogP contribution in [-0.2, 0) is 4.79 Å². The molecule has 0 heterocycles. The van der Waals surface area contributed by atoms with Crippen LogP contribution in [0.4, 0.5) is 0 Å². The summed E-state index contributed by atoms with van der Waals surface area (Å²) in [4.78, 5) is 12.1. The van der Waals surface area contributed by atoms with Gasteiger partial charge >= 0.3 is 0 Å². The van der Waals surface area contributed by atoms with Gasteiger partial charge in [-0.2, -0.15) is 0 Å². The number of Topliss-reactive ketones (excluding diaryl/α,β-unsaturated/α-hetero) is 1. The highest BCUT2D eigenvalue weighted by atomic mass is 16.1. The molecule has 0 N–H and O–H groups in total. The van der Waals surface area contributed by atoms with Crippen molar-refractivity contribution >= 4 is 5.78 Å². The second-order valence-electron chi connectivity index (χ2n) is 5.36. The molecule has 0 amide bonds. The molecule has 0 bridgehead atoms. The van der Waals surface area contributed by atoms with E-state index in [0.29, 0.717) is 5.78 Å². The summed E-state index contributed by atoms with van der Waals surface area (Å²) in [6.45, 7) is 8.39. The molecule has 1 saturated carbocycles. The molecule has 0 aromatic carbocycles. The normalized spacial score (nSPS) is 31.6. The molecule has 0 spiro atoms. The van der Waals surface area contributed by atoms with E-state index < -0.39 is 0 Å². The van der Waals surface area contributed by atoms with E-state index in [0.717, 1.165) is 25.7 Å². The highest BCUT2D eigenvalue weighted by molar-refractivity contribution is 5.91. The molecule has 0 radical (unpaired) electrons. The van der Waals surface area contributed by atoms with Gasteiger partial charge in [0.15, 0.2) is 0 Å². The van der Waals surface area contributed by atoms with Crippen molar-refractivity contribution in [1.82, 2.24) is 0 Å². The van der Waals surface area contributed by atoms with Crippen molar-refractivity contribution in [3.63, 3.8) is 0 Å². The third kappa shape index (κ3) is 2.08. The zero-order chi connectivity index (χ0) is 10.8. The van der Waals surface area contributed by atoms with Gasteiger partial charge in [-0.1, -0.05) is 39.8 Å². The summed E-state index contributed by atoms with van der Waals surface area (Å²) < 4.78 is 0. The second kappa shape index (κ2) is 3.88. The summed E-state index contributed by atoms with van der Waals surface area (Å²) in [5, 5.41) is 0. The first kappa shape index (κ1) is 11.5. The average molecular weight is 194 g/mol. The lowest BCUT2D eigenvalue weighted by molar-refractivity contribution is -0.131. The Morgan fingerprint density at radius 1 is 1.21 bits per heavy atom. The van der Waals surface area contributed by atoms with Crippen LogP contribution in [0, 0.1) is 10.8 Å². The first-order chi connectivity index (χ1) is 6.42. The Labute approximate surface area is 87.6 Å². The largest absolute Gasteiger partial charge is 0.298 e. The number of ketones is 1. The van der Waals surface area contributed by atoms with Gasteiger partial charge in [0.25, 0.3) is 0 Å². The van der Waals surface area contributed by atoms with Gasteiger partial charge in [-0.15, -0.1) is 0 Å². The maximum atomic E-state index is 12.1. The molecule has 1 unspecified atom stereocenters. The van der Waals surface area contributed by atoms with Crippen LogP contribution in [0.1, 0.15) is 53.4 Å². The van der Waals surface area contributed by atoms with Crippen molar-refractivity contribution in [3.8, 4) is 0 Å². The van der Waals surface area contributed by atoms with Crippen LogP contribution in [0.2, 0.25) is 0 Å². The molecule has 0 aliphatic heterocycles. The molecular weight excluding hydrogens is 172 g/mol. The molecule has 1 aliphatic carbocycles. The van der Waals surface area contributed by atoms with Crippen LogP contribution < -0.4 is 0 Å². The molecule has 80 valence electrons. The minimum Gasteiger partial charge on any atom is -0.298 e. The van der Waals surface area contributed by atoms with E-state index in [4.69, 9.17) is 0 Å². The molecule has 1 fully saturated rings. The number of hydrogen-bond donors (Lipinski definition) is 0. The fourth-order valence-electron chi connectivity index (χ4n) is 2.34. The third-order valence-corrected chi connectivity index (χ3v) is 3.44. The molecule has 1 aliphatic rings. The Bertz CT molecular complexity index is 250. The summed E-state index contributed by atoms with van der Waals surface area (Å²) in [5.41, 5.74) is -0.177. The molecule has 1 rings (SSSR count). The fraction of sp³-hybridized carbons (Fsp3) is 0.769. The van der Waals surface area contributed by atoms with Gasteiger partial charge in [-0.05, 0) is 25.7 Å². The van der Waals surface area contributed by atoms with Gasteiger partial charge in [0.2, 0.25) is 0 Å². The molecule has 1 nitrogen and oxygen atoms in total. The Balaban J connectivity index is 2.68. The second-order valence-corrected chi connectivity index (χ2v) is 5.36. The van der Waals surface area contributed by atoms with Crippen molar-refractivity contribution in [3.05, 3.63) is 12.2 Å². The molecule has 1 heteroatoms. The number of rotatable bonds is 3. The maximum absolute atomic E-state index is 12.1. The van der Waals surface area contributed by atoms with Crippen LogP contribution in [0.5, 0.6) is 0 Å². The van der Waals surface area contributed by atoms with Gasteiger partial charge in [0, 0.05) is 10.8 Å². The van der Waals surface area contributed by atoms with Crippen LogP contribution in [0.3, 0.4) is 0 Å². The minimum absolute atomic E-state index is 0.0881. The van der Waals surface area contributed by atoms with E-state index in [1.54, 1.807) is 0 Å². The minimum atomic E-state index is -0.0885. The van der Waals surface area contributed by atoms with Crippen LogP contribution in [0.25, 0.3) is 0 Å². The third-order valence-electron chi connectivity index (χ3n) is 3.44. The van der Waals surface area contributed by atoms with Crippen LogP contribution >= 0.6 is 0 Å². The van der Waals surface area contributed by atoms with Gasteiger partial charge in [0.05, 0.1) is 0 Å². The summed E-state index contributed by atoms with van der Waals surface area (Å²) in [6, 6.07) is 0. The van der Waals surface area contributed by atoms with E-state index in [2.05, 4.69) is 39.8 Å². The van der Waals surface area contributed by atoms with Crippen molar-refractivity contribution in [1.29, 1.82) is 0 Å². The van der Waals surface area contributed by atoms with Crippen molar-refractivity contribution in [2.45, 2.75) is 53.4 Å². The van der Waals surface area contributed by atoms with E-state index in [-0.39, 0.29) is 10.8 Å². The van der Waals surface area contributed by atoms with Crippen LogP contribution in [-0.4, -0.2) is 5.78 Å². The molecular formula is C13H22O. The lowest BCUT2D eigenvalue weighted by Crippen LogP contribution is -2.29. The van der Waals surface area contributed by atoms with Gasteiger partial charge in [-0.25, -0.2) is 0 Å². The Kier molecular flexibility index (Phi) is 3.18. The Morgan fingerprint density at radius 3 is 2.29 bits per heavy atom. The standard InChI is InChI=1S/C13H22O/c1-5-6-7-8-13(4)10-9-12(2,3)11(13)14/h6-7H,5,8-10H2,1-4H3/b7-6-. The fourth-order valence-corrected chi connectivity index (χ4v) is 2.34. The predicted molar refractivity (Wildman–Crippen MR) is 60.2 cm³/mol. The SMILES string of the molecule is CC/C=C\CC1(C)CCC(C)(C)C1=O. The zero-order valence-corrected chi connectivity index (χ0v) is 9.89. The maximum Gasteiger partial charge on any atom is 0.144 e. The number of carbonyl (C=O) groups excluding carboxylic acids is 1. The number of allylic oxidation sites excluding steroid dienone is 2. The zero-order valence-electron chi connectivity index (χ0n) is 9.89. The highest BCUT2D eigenvalue weighted by Gasteiger charge is 2.47. The van der Waals surface area contributed by atoms with E-state index in [1.807, 2.05) is 0 Å². The van der Waals surface area contributed by atoms with Gasteiger partial charge < -0.3 is 0 Å². The topological polar surface area (TPSA) is 17.1 Å². The van der Waals surface area contributed by atoms with Gasteiger partial charge in [0.1, 0.15) is 5.78 Å². The predicted octanol–water partition coefficient (Wildman–Crippen LogP) is 3.74. The average Bonchev–Trinajstić information content (AvgIpc) is 2.32. The van der Waals surface area contributed by atoms with E-state index in [9.17, 15) is 4.79 Å². The van der Waals surface area contributed by atoms with E-state index in [1.165, 1.54) is 0 Å². The number of hydrogen-bond acceptors (Lipinski definition) is 1. The van der Waals surface area contributed by atoms with Crippen molar-refractivity contribution in [2.24, 2.45) is 10.8 Å². The van der Waals surface area contributed by atoms with Crippen LogP contribution in [0.15, 0.2) is 12.2 Å². The summed E-state index contributed by atoms with van der Waals surface area (Å²) in [6.07, 6.45) is 8.40.